The van der Waals surface area contributed by atoms with Crippen molar-refractivity contribution in [1.29, 1.82) is 0 Å². The molecule has 74 heavy (non-hydrogen) atoms. The molecule has 0 fully saturated rings. The fraction of sp³-hybridized carbons (Fsp3) is 0. The van der Waals surface area contributed by atoms with E-state index in [-0.39, 0.29) is 13.4 Å². The third-order valence-corrected chi connectivity index (χ3v) is 18.5. The number of rotatable bonds is 4. The molecule has 4 nitrogen and oxygen atoms in total. The Morgan fingerprint density at radius 2 is 0.824 bits per heavy atom. The molecule has 0 N–H and O–H groups in total. The second kappa shape index (κ2) is 15.5. The Bertz CT molecular complexity index is 4520. The predicted octanol–water partition coefficient (Wildman–Crippen LogP) is 13.4. The number of aromatic nitrogens is 2. The third kappa shape index (κ3) is 5.53. The van der Waals surface area contributed by atoms with Crippen LogP contribution in [0.25, 0.3) is 55.0 Å². The van der Waals surface area contributed by atoms with Gasteiger partial charge in [0.2, 0.25) is 6.71 Å². The third-order valence-electron chi connectivity index (χ3n) is 16.1. The van der Waals surface area contributed by atoms with Crippen molar-refractivity contribution in [1.82, 2.24) is 9.13 Å². The zero-order chi connectivity index (χ0) is 48.2. The van der Waals surface area contributed by atoms with Crippen molar-refractivity contribution in [2.75, 3.05) is 9.80 Å². The van der Waals surface area contributed by atoms with Crippen LogP contribution in [0, 0.1) is 0 Å². The van der Waals surface area contributed by atoms with Crippen molar-refractivity contribution in [3.63, 3.8) is 0 Å². The predicted molar refractivity (Wildman–Crippen MR) is 315 cm³/mol. The van der Waals surface area contributed by atoms with Crippen LogP contribution < -0.4 is 42.6 Å². The Labute approximate surface area is 437 Å². The monoisotopic (exact) mass is 974 g/mol. The first kappa shape index (κ1) is 41.0. The lowest BCUT2D eigenvalue weighted by atomic mass is 9.31. The van der Waals surface area contributed by atoms with Gasteiger partial charge in [0, 0.05) is 80.9 Å². The summed E-state index contributed by atoms with van der Waals surface area (Å²) in [5, 5.41) is 5.12. The number of nitrogens with zero attached hydrogens (tertiary/aromatic N) is 4. The molecule has 17 rings (SSSR count). The minimum absolute atomic E-state index is 0.0410. The molecule has 4 aliphatic heterocycles. The van der Waals surface area contributed by atoms with Gasteiger partial charge in [0.15, 0.2) is 0 Å². The lowest BCUT2D eigenvalue weighted by molar-refractivity contribution is 1.17. The van der Waals surface area contributed by atoms with Gasteiger partial charge in [0.05, 0.1) is 27.8 Å². The summed E-state index contributed by atoms with van der Waals surface area (Å²) >= 11 is 3.91. The molecule has 0 atom stereocenters. The van der Waals surface area contributed by atoms with Crippen molar-refractivity contribution in [2.24, 2.45) is 0 Å². The maximum Gasteiger partial charge on any atom is 0.252 e. The fourth-order valence-corrected chi connectivity index (χ4v) is 15.9. The van der Waals surface area contributed by atoms with Crippen molar-refractivity contribution in [2.45, 2.75) is 19.6 Å². The normalized spacial score (nSPS) is 13.7. The number of anilines is 6. The highest BCUT2D eigenvalue weighted by atomic mass is 32.2. The second-order valence-electron chi connectivity index (χ2n) is 19.9. The van der Waals surface area contributed by atoms with Crippen LogP contribution in [0.2, 0.25) is 0 Å². The Morgan fingerprint density at radius 1 is 0.297 bits per heavy atom. The standard InChI is InChI=1S/C66H40B2N4S2/c1-5-21-41(22-6-1)69-51-33-17-13-29-45(51)61-55(69)38-57-63-65(61)72(44-27-11-4-12-28-44)53-35-19-15-31-47(53)67(63)49-37-50-59(39-54(49)71(57)43-25-9-3-10-26-43)73-60-40-56-62(66-64(60)68(50)48-32-16-20-36-58(48)74-66)46-30-14-18-34-52(46)70(56)42-23-7-2-8-24-42/h1-40H. The van der Waals surface area contributed by atoms with Gasteiger partial charge in [-0.3, -0.25) is 0 Å². The molecule has 0 unspecified atom stereocenters. The fourth-order valence-electron chi connectivity index (χ4n) is 13.3. The van der Waals surface area contributed by atoms with Crippen molar-refractivity contribution >= 4 is 147 Å². The van der Waals surface area contributed by atoms with Gasteiger partial charge >= 0.3 is 0 Å². The summed E-state index contributed by atoms with van der Waals surface area (Å²) in [5.74, 6) is 0. The Balaban J connectivity index is 1.00. The van der Waals surface area contributed by atoms with Gasteiger partial charge in [-0.2, -0.15) is 0 Å². The summed E-state index contributed by atoms with van der Waals surface area (Å²) in [4.78, 5) is 10.5. The Morgan fingerprint density at radius 3 is 1.50 bits per heavy atom. The smallest absolute Gasteiger partial charge is 0.252 e. The maximum atomic E-state index is 2.65. The van der Waals surface area contributed by atoms with E-state index in [4.69, 9.17) is 0 Å². The van der Waals surface area contributed by atoms with Crippen LogP contribution in [-0.2, 0) is 0 Å². The quantitative estimate of drug-likeness (QED) is 0.163. The molecule has 2 aromatic heterocycles. The number of para-hydroxylation sites is 7. The van der Waals surface area contributed by atoms with Crippen LogP contribution in [0.15, 0.2) is 262 Å². The van der Waals surface area contributed by atoms with Crippen LogP contribution in [0.3, 0.4) is 0 Å². The van der Waals surface area contributed by atoms with E-state index in [1.54, 1.807) is 0 Å². The molecule has 0 spiro atoms. The number of benzene rings is 11. The van der Waals surface area contributed by atoms with E-state index in [1.807, 2.05) is 23.5 Å². The Kier molecular flexibility index (Phi) is 8.57. The zero-order valence-corrected chi connectivity index (χ0v) is 41.5. The van der Waals surface area contributed by atoms with Gasteiger partial charge in [-0.15, -0.1) is 0 Å². The maximum absolute atomic E-state index is 2.65. The first-order valence-electron chi connectivity index (χ1n) is 25.5. The number of fused-ring (bicyclic) bond motifs is 16. The van der Waals surface area contributed by atoms with E-state index < -0.39 is 0 Å². The molecule has 342 valence electrons. The lowest BCUT2D eigenvalue weighted by Crippen LogP contribution is -2.64. The highest BCUT2D eigenvalue weighted by Crippen LogP contribution is 2.52. The summed E-state index contributed by atoms with van der Waals surface area (Å²) in [7, 11) is 0. The van der Waals surface area contributed by atoms with E-state index in [9.17, 15) is 0 Å². The molecule has 8 heteroatoms. The number of hydrogen-bond donors (Lipinski definition) is 0. The van der Waals surface area contributed by atoms with E-state index in [1.165, 1.54) is 124 Å². The summed E-state index contributed by atoms with van der Waals surface area (Å²) in [5.41, 5.74) is 22.5. The molecular formula is C66H40B2N4S2. The highest BCUT2D eigenvalue weighted by molar-refractivity contribution is 8.01. The van der Waals surface area contributed by atoms with Gasteiger partial charge in [-0.1, -0.05) is 186 Å². The van der Waals surface area contributed by atoms with Crippen LogP contribution in [0.4, 0.5) is 34.1 Å². The average molecular weight is 975 g/mol. The van der Waals surface area contributed by atoms with E-state index >= 15 is 0 Å². The molecule has 13 aromatic rings. The van der Waals surface area contributed by atoms with Gasteiger partial charge in [-0.25, -0.2) is 0 Å². The van der Waals surface area contributed by atoms with Gasteiger partial charge < -0.3 is 18.9 Å². The molecule has 6 heterocycles. The van der Waals surface area contributed by atoms with Gasteiger partial charge in [0.25, 0.3) is 6.71 Å². The molecule has 0 aliphatic carbocycles. The zero-order valence-electron chi connectivity index (χ0n) is 39.9. The summed E-state index contributed by atoms with van der Waals surface area (Å²) < 4.78 is 4.98. The topological polar surface area (TPSA) is 16.3 Å². The van der Waals surface area contributed by atoms with Crippen molar-refractivity contribution in [3.05, 3.63) is 243 Å². The summed E-state index contributed by atoms with van der Waals surface area (Å²) in [6, 6.07) is 90.7. The summed E-state index contributed by atoms with van der Waals surface area (Å²) in [6.45, 7) is -0.0238. The molecule has 0 amide bonds. The van der Waals surface area contributed by atoms with Crippen LogP contribution >= 0.6 is 23.5 Å². The molecule has 0 saturated carbocycles. The second-order valence-corrected chi connectivity index (χ2v) is 22.0. The van der Waals surface area contributed by atoms with Crippen LogP contribution in [0.5, 0.6) is 0 Å². The van der Waals surface area contributed by atoms with Crippen molar-refractivity contribution < 1.29 is 0 Å². The van der Waals surface area contributed by atoms with Crippen LogP contribution in [-0.4, -0.2) is 22.6 Å². The highest BCUT2D eigenvalue weighted by Gasteiger charge is 2.47. The molecule has 0 radical (unpaired) electrons. The minimum atomic E-state index is -0.0648. The van der Waals surface area contributed by atoms with Crippen LogP contribution in [0.1, 0.15) is 0 Å². The van der Waals surface area contributed by atoms with E-state index in [2.05, 4.69) is 262 Å². The molecule has 0 saturated heterocycles. The van der Waals surface area contributed by atoms with E-state index in [0.29, 0.717) is 0 Å². The summed E-state index contributed by atoms with van der Waals surface area (Å²) in [6.07, 6.45) is 0. The van der Waals surface area contributed by atoms with Gasteiger partial charge in [0.1, 0.15) is 0 Å². The first-order chi connectivity index (χ1) is 36.8. The molecular weight excluding hydrogens is 935 g/mol. The van der Waals surface area contributed by atoms with Crippen molar-refractivity contribution in [3.8, 4) is 11.4 Å². The Hall–Kier alpha value is -8.55. The van der Waals surface area contributed by atoms with E-state index in [0.717, 1.165) is 17.1 Å². The molecule has 11 aromatic carbocycles. The largest absolute Gasteiger partial charge is 0.311 e. The number of hydrogen-bond acceptors (Lipinski definition) is 4. The average Bonchev–Trinajstić information content (AvgIpc) is 4.09. The minimum Gasteiger partial charge on any atom is -0.311 e. The first-order valence-corrected chi connectivity index (χ1v) is 27.1. The lowest BCUT2D eigenvalue weighted by Gasteiger charge is -2.45. The molecule has 4 aliphatic rings. The molecule has 0 bridgehead atoms. The van der Waals surface area contributed by atoms with Gasteiger partial charge in [-0.05, 0) is 113 Å². The SMILES string of the molecule is c1ccc(N2c3cc4c(cc3B3c5ccccc5N(c5ccccc5)c5c3c2cc2c5c3ccccc3n2-c2ccccc2)B2c3ccccc3Sc3c2c(cc2c3c3ccccc3n2-c2ccccc2)S4)cc1.